The third-order valence-corrected chi connectivity index (χ3v) is 5.04. The molecule has 1 heterocycles. The molecule has 0 spiro atoms. The number of amides is 1. The minimum Gasteiger partial charge on any atom is -0.395 e. The molecule has 1 amide bonds. The maximum absolute atomic E-state index is 12.3. The van der Waals surface area contributed by atoms with Gasteiger partial charge in [-0.1, -0.05) is 61.2 Å². The van der Waals surface area contributed by atoms with E-state index in [9.17, 15) is 4.79 Å². The van der Waals surface area contributed by atoms with Crippen LogP contribution >= 0.6 is 0 Å². The van der Waals surface area contributed by atoms with E-state index in [1.807, 2.05) is 71.6 Å². The molecule has 1 aromatic heterocycles. The Kier molecular flexibility index (Phi) is 5.72. The van der Waals surface area contributed by atoms with Crippen molar-refractivity contribution >= 4 is 22.9 Å². The molecule has 0 fully saturated rings. The number of nitrogens with one attached hydrogen (secondary N) is 1. The number of fused-ring (bicyclic) bond motifs is 1. The summed E-state index contributed by atoms with van der Waals surface area (Å²) in [5, 5.41) is 17.4. The summed E-state index contributed by atoms with van der Waals surface area (Å²) in [7, 11) is 0. The summed E-state index contributed by atoms with van der Waals surface area (Å²) in [6, 6.07) is 21.6. The number of aliphatic hydroxyl groups is 1. The number of hydrogen-bond acceptors (Lipinski definition) is 3. The van der Waals surface area contributed by atoms with Crippen molar-refractivity contribution in [3.05, 3.63) is 96.2 Å². The van der Waals surface area contributed by atoms with Crippen molar-refractivity contribution in [2.24, 2.45) is 0 Å². The number of rotatable bonds is 7. The minimum atomic E-state index is -0.199. The molecule has 0 radical (unpaired) electrons. The number of aromatic nitrogens is 2. The smallest absolute Gasteiger partial charge is 0.251 e. The van der Waals surface area contributed by atoms with E-state index in [1.54, 1.807) is 6.07 Å². The summed E-state index contributed by atoms with van der Waals surface area (Å²) in [4.78, 5) is 12.3. The number of aliphatic hydroxyl groups excluding tert-OH is 1. The first-order valence-electron chi connectivity index (χ1n) is 9.85. The fourth-order valence-electron chi connectivity index (χ4n) is 3.58. The standard InChI is InChI=1S/C25H23N3O2/c1-2-18-7-3-4-8-21(18)16-28-17-23-22(11-6-12-24(23)27-28)19-9-5-10-20(15-19)25(30)26-13-14-29/h2-12,15,17,29H,1,13-14,16H2,(H,26,30). The molecule has 4 rings (SSSR count). The van der Waals surface area contributed by atoms with Crippen LogP contribution in [0.2, 0.25) is 0 Å². The van der Waals surface area contributed by atoms with Gasteiger partial charge in [-0.05, 0) is 40.5 Å². The maximum Gasteiger partial charge on any atom is 0.251 e. The van der Waals surface area contributed by atoms with Gasteiger partial charge >= 0.3 is 0 Å². The highest BCUT2D eigenvalue weighted by atomic mass is 16.3. The van der Waals surface area contributed by atoms with Gasteiger partial charge in [0.15, 0.2) is 0 Å². The van der Waals surface area contributed by atoms with Crippen molar-refractivity contribution in [2.45, 2.75) is 6.54 Å². The fourth-order valence-corrected chi connectivity index (χ4v) is 3.58. The maximum atomic E-state index is 12.3. The highest BCUT2D eigenvalue weighted by Crippen LogP contribution is 2.29. The Balaban J connectivity index is 1.69. The zero-order chi connectivity index (χ0) is 20.9. The third kappa shape index (κ3) is 4.02. The Morgan fingerprint density at radius 2 is 1.93 bits per heavy atom. The SMILES string of the molecule is C=Cc1ccccc1Cn1cc2c(-c3cccc(C(=O)NCCO)c3)cccc2n1. The van der Waals surface area contributed by atoms with E-state index in [0.29, 0.717) is 12.1 Å². The van der Waals surface area contributed by atoms with E-state index in [2.05, 4.69) is 18.0 Å². The second kappa shape index (κ2) is 8.76. The topological polar surface area (TPSA) is 67.2 Å². The zero-order valence-corrected chi connectivity index (χ0v) is 16.6. The summed E-state index contributed by atoms with van der Waals surface area (Å²) in [6.45, 7) is 4.70. The van der Waals surface area contributed by atoms with Crippen LogP contribution in [0.4, 0.5) is 0 Å². The normalized spacial score (nSPS) is 10.8. The monoisotopic (exact) mass is 397 g/mol. The number of carbonyl (C=O) groups is 1. The molecule has 0 atom stereocenters. The number of nitrogens with zero attached hydrogens (tertiary/aromatic N) is 2. The average molecular weight is 397 g/mol. The molecule has 3 aromatic carbocycles. The van der Waals surface area contributed by atoms with Crippen LogP contribution in [0.3, 0.4) is 0 Å². The summed E-state index contributed by atoms with van der Waals surface area (Å²) >= 11 is 0. The highest BCUT2D eigenvalue weighted by molar-refractivity contribution is 5.98. The highest BCUT2D eigenvalue weighted by Gasteiger charge is 2.11. The van der Waals surface area contributed by atoms with Crippen molar-refractivity contribution in [2.75, 3.05) is 13.2 Å². The van der Waals surface area contributed by atoms with Gasteiger partial charge in [0.05, 0.1) is 18.7 Å². The molecular formula is C25H23N3O2. The lowest BCUT2D eigenvalue weighted by molar-refractivity contribution is 0.0945. The Morgan fingerprint density at radius 1 is 1.10 bits per heavy atom. The van der Waals surface area contributed by atoms with Gasteiger partial charge in [0.2, 0.25) is 0 Å². The van der Waals surface area contributed by atoms with E-state index in [4.69, 9.17) is 10.2 Å². The van der Waals surface area contributed by atoms with E-state index in [0.717, 1.165) is 33.2 Å². The number of carbonyl (C=O) groups excluding carboxylic acids is 1. The first-order chi connectivity index (χ1) is 14.7. The van der Waals surface area contributed by atoms with Crippen molar-refractivity contribution in [1.29, 1.82) is 0 Å². The number of hydrogen-bond donors (Lipinski definition) is 2. The summed E-state index contributed by atoms with van der Waals surface area (Å²) in [5.74, 6) is -0.199. The predicted molar refractivity (Wildman–Crippen MR) is 120 cm³/mol. The van der Waals surface area contributed by atoms with E-state index >= 15 is 0 Å². The van der Waals surface area contributed by atoms with Crippen molar-refractivity contribution in [3.63, 3.8) is 0 Å². The van der Waals surface area contributed by atoms with Crippen LogP contribution in [0.5, 0.6) is 0 Å². The first kappa shape index (κ1) is 19.6. The second-order valence-electron chi connectivity index (χ2n) is 7.03. The van der Waals surface area contributed by atoms with Gasteiger partial charge in [0, 0.05) is 23.7 Å². The lowest BCUT2D eigenvalue weighted by Gasteiger charge is -2.07. The van der Waals surface area contributed by atoms with Crippen LogP contribution in [0, 0.1) is 0 Å². The van der Waals surface area contributed by atoms with Gasteiger partial charge in [-0.3, -0.25) is 9.48 Å². The molecule has 0 saturated carbocycles. The van der Waals surface area contributed by atoms with E-state index in [1.165, 1.54) is 0 Å². The van der Waals surface area contributed by atoms with Gasteiger partial charge in [-0.2, -0.15) is 5.10 Å². The minimum absolute atomic E-state index is 0.0844. The Labute approximate surface area is 175 Å². The van der Waals surface area contributed by atoms with Crippen LogP contribution in [-0.2, 0) is 6.54 Å². The van der Waals surface area contributed by atoms with Crippen LogP contribution < -0.4 is 5.32 Å². The predicted octanol–water partition coefficient (Wildman–Crippen LogP) is 4.12. The molecular weight excluding hydrogens is 374 g/mol. The summed E-state index contributed by atoms with van der Waals surface area (Å²) in [6.07, 6.45) is 3.90. The Morgan fingerprint density at radius 3 is 2.77 bits per heavy atom. The quantitative estimate of drug-likeness (QED) is 0.493. The molecule has 0 unspecified atom stereocenters. The largest absolute Gasteiger partial charge is 0.395 e. The Bertz CT molecular complexity index is 1210. The molecule has 30 heavy (non-hydrogen) atoms. The lowest BCUT2D eigenvalue weighted by atomic mass is 10.00. The Hall–Kier alpha value is -3.70. The zero-order valence-electron chi connectivity index (χ0n) is 16.6. The first-order valence-corrected chi connectivity index (χ1v) is 9.85. The van der Waals surface area contributed by atoms with Crippen LogP contribution in [0.1, 0.15) is 21.5 Å². The molecule has 5 nitrogen and oxygen atoms in total. The van der Waals surface area contributed by atoms with Crippen molar-refractivity contribution in [1.82, 2.24) is 15.1 Å². The molecule has 5 heteroatoms. The number of benzene rings is 3. The van der Waals surface area contributed by atoms with Crippen LogP contribution in [0.15, 0.2) is 79.5 Å². The van der Waals surface area contributed by atoms with Gasteiger partial charge in [-0.25, -0.2) is 0 Å². The van der Waals surface area contributed by atoms with Gasteiger partial charge < -0.3 is 10.4 Å². The molecule has 0 saturated heterocycles. The molecule has 0 bridgehead atoms. The third-order valence-electron chi connectivity index (χ3n) is 5.04. The van der Waals surface area contributed by atoms with Gasteiger partial charge in [-0.15, -0.1) is 0 Å². The van der Waals surface area contributed by atoms with Crippen LogP contribution in [-0.4, -0.2) is 33.9 Å². The second-order valence-corrected chi connectivity index (χ2v) is 7.03. The summed E-state index contributed by atoms with van der Waals surface area (Å²) in [5.41, 5.74) is 5.68. The van der Waals surface area contributed by atoms with Crippen LogP contribution in [0.25, 0.3) is 28.1 Å². The molecule has 2 N–H and O–H groups in total. The fraction of sp³-hybridized carbons (Fsp3) is 0.120. The summed E-state index contributed by atoms with van der Waals surface area (Å²) < 4.78 is 1.94. The molecule has 150 valence electrons. The van der Waals surface area contributed by atoms with Gasteiger partial charge in [0.1, 0.15) is 0 Å². The molecule has 0 aliphatic rings. The van der Waals surface area contributed by atoms with E-state index in [-0.39, 0.29) is 19.1 Å². The molecule has 0 aliphatic heterocycles. The average Bonchev–Trinajstić information content (AvgIpc) is 3.20. The van der Waals surface area contributed by atoms with Crippen molar-refractivity contribution < 1.29 is 9.90 Å². The van der Waals surface area contributed by atoms with Crippen molar-refractivity contribution in [3.8, 4) is 11.1 Å². The van der Waals surface area contributed by atoms with Gasteiger partial charge in [0.25, 0.3) is 5.91 Å². The lowest BCUT2D eigenvalue weighted by Crippen LogP contribution is -2.26. The molecule has 0 aliphatic carbocycles. The van der Waals surface area contributed by atoms with E-state index < -0.39 is 0 Å². The molecule has 4 aromatic rings.